The van der Waals surface area contributed by atoms with E-state index in [0.717, 1.165) is 5.75 Å². The van der Waals surface area contributed by atoms with Gasteiger partial charge in [-0.2, -0.15) is 5.10 Å². The van der Waals surface area contributed by atoms with E-state index in [0.29, 0.717) is 0 Å². The van der Waals surface area contributed by atoms with Gasteiger partial charge in [0.1, 0.15) is 0 Å². The minimum absolute atomic E-state index is 1.01. The summed E-state index contributed by atoms with van der Waals surface area (Å²) in [4.78, 5) is 2.71. The van der Waals surface area contributed by atoms with Gasteiger partial charge in [-0.15, -0.1) is 0 Å². The number of nitrogens with zero attached hydrogens (tertiary/aromatic N) is 1. The number of hydrogen-bond acceptors (Lipinski definition) is 3. The maximum atomic E-state index is 3.67. The maximum Gasteiger partial charge on any atom is 0.0519 e. The Hall–Kier alpha value is -0.180. The quantitative estimate of drug-likeness (QED) is 0.428. The first kappa shape index (κ1) is 3.03. The first-order valence-corrected chi connectivity index (χ1v) is 2.37. The molecule has 1 aliphatic heterocycles. The summed E-state index contributed by atoms with van der Waals surface area (Å²) in [5.74, 6) is 1.01. The van der Waals surface area contributed by atoms with Crippen LogP contribution in [0, 0.1) is 0 Å². The molecule has 0 bridgehead atoms. The zero-order valence-corrected chi connectivity index (χ0v) is 3.46. The maximum absolute atomic E-state index is 3.67. The van der Waals surface area contributed by atoms with E-state index in [9.17, 15) is 0 Å². The van der Waals surface area contributed by atoms with Crippen LogP contribution in [0.25, 0.3) is 0 Å². The minimum atomic E-state index is 1.01. The fourth-order valence-corrected chi connectivity index (χ4v) is 0.559. The number of hydrogen-bond donors (Lipinski definition) is 1. The van der Waals surface area contributed by atoms with Crippen LogP contribution in [-0.4, -0.2) is 12.0 Å². The Morgan fingerprint density at radius 2 is 3.00 bits per heavy atom. The molecule has 0 aromatic carbocycles. The third-order valence-corrected chi connectivity index (χ3v) is 0.917. The van der Waals surface area contributed by atoms with Crippen LogP contribution < -0.4 is 4.83 Å². The van der Waals surface area contributed by atoms with Gasteiger partial charge in [0.05, 0.1) is 5.75 Å². The zero-order valence-electron chi connectivity index (χ0n) is 2.64. The molecule has 0 amide bonds. The van der Waals surface area contributed by atoms with Crippen LogP contribution in [0.4, 0.5) is 0 Å². The molecule has 0 fully saturated rings. The second-order valence-corrected chi connectivity index (χ2v) is 1.52. The van der Waals surface area contributed by atoms with E-state index in [1.165, 1.54) is 0 Å². The molecule has 0 radical (unpaired) electrons. The van der Waals surface area contributed by atoms with Crippen LogP contribution in [-0.2, 0) is 0 Å². The summed E-state index contributed by atoms with van der Waals surface area (Å²) >= 11 is 1.60. The van der Waals surface area contributed by atoms with Gasteiger partial charge in [0, 0.05) is 6.21 Å². The Labute approximate surface area is 34.8 Å². The SMILES string of the molecule is C1=NNSC1. The van der Waals surface area contributed by atoms with Gasteiger partial charge >= 0.3 is 0 Å². The number of nitrogens with one attached hydrogen (secondary N) is 1. The molecule has 0 saturated carbocycles. The van der Waals surface area contributed by atoms with Crippen LogP contribution in [0.2, 0.25) is 0 Å². The second kappa shape index (κ2) is 1.31. The molecule has 1 aliphatic rings. The van der Waals surface area contributed by atoms with Crippen molar-refractivity contribution in [2.45, 2.75) is 0 Å². The predicted molar refractivity (Wildman–Crippen MR) is 24.1 cm³/mol. The summed E-state index contributed by atoms with van der Waals surface area (Å²) < 4.78 is 0. The predicted octanol–water partition coefficient (Wildman–Crippen LogP) is 0.224. The van der Waals surface area contributed by atoms with Gasteiger partial charge in [0.15, 0.2) is 0 Å². The summed E-state index contributed by atoms with van der Waals surface area (Å²) in [6, 6.07) is 0. The first-order valence-electron chi connectivity index (χ1n) is 1.38. The van der Waals surface area contributed by atoms with Gasteiger partial charge in [-0.3, -0.25) is 4.83 Å². The van der Waals surface area contributed by atoms with E-state index in [1.54, 1.807) is 11.9 Å². The second-order valence-electron chi connectivity index (χ2n) is 0.714. The van der Waals surface area contributed by atoms with Crippen LogP contribution in [0.3, 0.4) is 0 Å². The molecule has 0 aromatic rings. The molecule has 0 saturated heterocycles. The van der Waals surface area contributed by atoms with E-state index >= 15 is 0 Å². The first-order chi connectivity index (χ1) is 2.50. The third-order valence-electron chi connectivity index (χ3n) is 0.366. The summed E-state index contributed by atoms with van der Waals surface area (Å²) in [7, 11) is 0. The van der Waals surface area contributed by atoms with E-state index in [2.05, 4.69) is 9.93 Å². The van der Waals surface area contributed by atoms with E-state index in [-0.39, 0.29) is 0 Å². The lowest BCUT2D eigenvalue weighted by molar-refractivity contribution is 1.15. The van der Waals surface area contributed by atoms with Crippen molar-refractivity contribution in [1.82, 2.24) is 4.83 Å². The molecule has 2 nitrogen and oxygen atoms in total. The molecule has 28 valence electrons. The Morgan fingerprint density at radius 1 is 2.00 bits per heavy atom. The van der Waals surface area contributed by atoms with Crippen molar-refractivity contribution in [2.24, 2.45) is 5.10 Å². The molecule has 5 heavy (non-hydrogen) atoms. The van der Waals surface area contributed by atoms with Crippen molar-refractivity contribution in [3.8, 4) is 0 Å². The molecule has 1 rings (SSSR count). The fourth-order valence-electron chi connectivity index (χ4n) is 0.186. The molecule has 0 unspecified atom stereocenters. The van der Waals surface area contributed by atoms with Gasteiger partial charge in [0.2, 0.25) is 0 Å². The summed E-state index contributed by atoms with van der Waals surface area (Å²) in [6.07, 6.45) is 1.84. The molecule has 0 aliphatic carbocycles. The highest BCUT2D eigenvalue weighted by Crippen LogP contribution is 1.93. The molecular formula is C2H4N2S. The van der Waals surface area contributed by atoms with Crippen molar-refractivity contribution < 1.29 is 0 Å². The van der Waals surface area contributed by atoms with Crippen molar-refractivity contribution in [1.29, 1.82) is 0 Å². The lowest BCUT2D eigenvalue weighted by Crippen LogP contribution is -1.78. The fraction of sp³-hybridized carbons (Fsp3) is 0.500. The largest absolute Gasteiger partial charge is 0.252 e. The molecule has 3 heteroatoms. The highest BCUT2D eigenvalue weighted by molar-refractivity contribution is 7.98. The monoisotopic (exact) mass is 88.0 g/mol. The van der Waals surface area contributed by atoms with Crippen molar-refractivity contribution >= 4 is 18.2 Å². The number of rotatable bonds is 0. The van der Waals surface area contributed by atoms with Crippen LogP contribution in [0.5, 0.6) is 0 Å². The molecule has 0 spiro atoms. The highest BCUT2D eigenvalue weighted by Gasteiger charge is 1.84. The Morgan fingerprint density at radius 3 is 3.20 bits per heavy atom. The molecular weight excluding hydrogens is 84.1 g/mol. The van der Waals surface area contributed by atoms with Gasteiger partial charge in [-0.25, -0.2) is 0 Å². The molecule has 0 atom stereocenters. The van der Waals surface area contributed by atoms with E-state index in [4.69, 9.17) is 0 Å². The van der Waals surface area contributed by atoms with Crippen molar-refractivity contribution in [2.75, 3.05) is 5.75 Å². The summed E-state index contributed by atoms with van der Waals surface area (Å²) in [6.45, 7) is 0. The van der Waals surface area contributed by atoms with Crippen LogP contribution >= 0.6 is 11.9 Å². The average Bonchev–Trinajstić information content (AvgIpc) is 1.76. The van der Waals surface area contributed by atoms with Gasteiger partial charge in [-0.05, 0) is 11.9 Å². The lowest BCUT2D eigenvalue weighted by atomic mass is 10.9. The minimum Gasteiger partial charge on any atom is -0.252 e. The van der Waals surface area contributed by atoms with Crippen LogP contribution in [0.15, 0.2) is 5.10 Å². The molecule has 1 N–H and O–H groups in total. The molecule has 0 aromatic heterocycles. The molecule has 1 heterocycles. The van der Waals surface area contributed by atoms with E-state index in [1.807, 2.05) is 6.21 Å². The topological polar surface area (TPSA) is 24.4 Å². The van der Waals surface area contributed by atoms with Crippen molar-refractivity contribution in [3.63, 3.8) is 0 Å². The Kier molecular flexibility index (Phi) is 0.792. The normalized spacial score (nSPS) is 19.2. The summed E-state index contributed by atoms with van der Waals surface area (Å²) in [5.41, 5.74) is 0. The highest BCUT2D eigenvalue weighted by atomic mass is 32.2. The average molecular weight is 88.1 g/mol. The van der Waals surface area contributed by atoms with Gasteiger partial charge < -0.3 is 0 Å². The third kappa shape index (κ3) is 0.545. The smallest absolute Gasteiger partial charge is 0.0519 e. The van der Waals surface area contributed by atoms with Crippen LogP contribution in [0.1, 0.15) is 0 Å². The summed E-state index contributed by atoms with van der Waals surface area (Å²) in [5, 5.41) is 3.67. The standard InChI is InChI=1S/C2H4N2S/c1-2-5-4-3-1/h1,4H,2H2. The Balaban J connectivity index is 2.32. The number of hydrazone groups is 1. The Bertz CT molecular complexity index is 45.6. The van der Waals surface area contributed by atoms with Crippen molar-refractivity contribution in [3.05, 3.63) is 0 Å². The van der Waals surface area contributed by atoms with Gasteiger partial charge in [-0.1, -0.05) is 0 Å². The van der Waals surface area contributed by atoms with E-state index < -0.39 is 0 Å². The zero-order chi connectivity index (χ0) is 3.54. The van der Waals surface area contributed by atoms with Gasteiger partial charge in [0.25, 0.3) is 0 Å². The lowest BCUT2D eigenvalue weighted by Gasteiger charge is -1.75.